The van der Waals surface area contributed by atoms with Crippen LogP contribution < -0.4 is 5.73 Å². The molecule has 0 saturated carbocycles. The van der Waals surface area contributed by atoms with E-state index < -0.39 is 0 Å². The fourth-order valence-corrected chi connectivity index (χ4v) is 1.37. The van der Waals surface area contributed by atoms with E-state index in [2.05, 4.69) is 6.92 Å². The van der Waals surface area contributed by atoms with Gasteiger partial charge in [0.15, 0.2) is 6.29 Å². The minimum atomic E-state index is 0.352. The molecular formula is C11H22NO. The summed E-state index contributed by atoms with van der Waals surface area (Å²) in [4.78, 5) is 9.88. The van der Waals surface area contributed by atoms with Gasteiger partial charge in [0.05, 0.1) is 0 Å². The van der Waals surface area contributed by atoms with Gasteiger partial charge in [0.2, 0.25) is 0 Å². The topological polar surface area (TPSA) is 43.1 Å². The average Bonchev–Trinajstić information content (AvgIpc) is 2.09. The molecular weight excluding hydrogens is 162 g/mol. The number of nitrogens with two attached hydrogens (primary N) is 1. The third-order valence-electron chi connectivity index (χ3n) is 2.19. The Morgan fingerprint density at radius 3 is 2.15 bits per heavy atom. The fraction of sp³-hybridized carbons (Fsp3) is 0.909. The van der Waals surface area contributed by atoms with Crippen LogP contribution in [0.25, 0.3) is 0 Å². The van der Waals surface area contributed by atoms with Crippen LogP contribution in [-0.2, 0) is 4.79 Å². The summed E-state index contributed by atoms with van der Waals surface area (Å²) in [5.41, 5.74) is 5.63. The summed E-state index contributed by atoms with van der Waals surface area (Å²) in [6.07, 6.45) is 10.9. The monoisotopic (exact) mass is 184 g/mol. The third kappa shape index (κ3) is 11.6. The molecule has 1 radical (unpaired) electrons. The summed E-state index contributed by atoms with van der Waals surface area (Å²) < 4.78 is 0. The van der Waals surface area contributed by atoms with Gasteiger partial charge in [0.25, 0.3) is 0 Å². The highest BCUT2D eigenvalue weighted by atomic mass is 16.1. The minimum Gasteiger partial charge on any atom is -0.328 e. The number of unbranched alkanes of at least 4 members (excludes halogenated alkanes) is 6. The standard InChI is InChI=1S/C11H22NO/c1-11(12)9-7-5-3-2-4-6-8-10-13/h11H,2-9,12H2,1H3. The highest BCUT2D eigenvalue weighted by Crippen LogP contribution is 2.08. The number of hydrogen-bond donors (Lipinski definition) is 1. The van der Waals surface area contributed by atoms with Crippen LogP contribution in [0.2, 0.25) is 0 Å². The van der Waals surface area contributed by atoms with Gasteiger partial charge in [-0.25, -0.2) is 0 Å². The molecule has 0 fully saturated rings. The number of carbonyl (C=O) groups excluding carboxylic acids is 1. The maximum absolute atomic E-state index is 9.88. The maximum Gasteiger partial charge on any atom is 0.198 e. The summed E-state index contributed by atoms with van der Waals surface area (Å²) in [5.74, 6) is 0. The smallest absolute Gasteiger partial charge is 0.198 e. The van der Waals surface area contributed by atoms with Gasteiger partial charge in [0, 0.05) is 12.5 Å². The Kier molecular flexibility index (Phi) is 9.44. The van der Waals surface area contributed by atoms with Crippen LogP contribution in [0, 0.1) is 0 Å². The van der Waals surface area contributed by atoms with Crippen molar-refractivity contribution < 1.29 is 4.79 Å². The lowest BCUT2D eigenvalue weighted by atomic mass is 10.1. The Bertz CT molecular complexity index is 113. The molecule has 0 aromatic heterocycles. The molecule has 0 saturated heterocycles. The molecule has 1 atom stereocenters. The van der Waals surface area contributed by atoms with Crippen LogP contribution in [0.4, 0.5) is 0 Å². The molecule has 13 heavy (non-hydrogen) atoms. The second-order valence-electron chi connectivity index (χ2n) is 3.78. The normalized spacial score (nSPS) is 12.8. The highest BCUT2D eigenvalue weighted by Gasteiger charge is 1.94. The van der Waals surface area contributed by atoms with Gasteiger partial charge in [-0.05, 0) is 19.8 Å². The van der Waals surface area contributed by atoms with E-state index in [1.54, 1.807) is 0 Å². The van der Waals surface area contributed by atoms with Crippen LogP contribution in [0.5, 0.6) is 0 Å². The molecule has 0 amide bonds. The summed E-state index contributed by atoms with van der Waals surface area (Å²) >= 11 is 0. The number of hydrogen-bond acceptors (Lipinski definition) is 2. The molecule has 0 bridgehead atoms. The van der Waals surface area contributed by atoms with Gasteiger partial charge in [0.1, 0.15) is 0 Å². The van der Waals surface area contributed by atoms with E-state index in [9.17, 15) is 4.79 Å². The summed E-state index contributed by atoms with van der Waals surface area (Å²) in [6, 6.07) is 0.352. The molecule has 0 rings (SSSR count). The fourth-order valence-electron chi connectivity index (χ4n) is 1.37. The molecule has 0 aromatic rings. The van der Waals surface area contributed by atoms with Crippen LogP contribution in [0.3, 0.4) is 0 Å². The first kappa shape index (κ1) is 12.6. The van der Waals surface area contributed by atoms with Crippen molar-refractivity contribution >= 4 is 6.29 Å². The van der Waals surface area contributed by atoms with E-state index in [0.717, 1.165) is 12.8 Å². The van der Waals surface area contributed by atoms with E-state index >= 15 is 0 Å². The van der Waals surface area contributed by atoms with Crippen molar-refractivity contribution in [2.75, 3.05) is 0 Å². The molecule has 0 aliphatic rings. The molecule has 2 N–H and O–H groups in total. The molecule has 0 spiro atoms. The summed E-state index contributed by atoms with van der Waals surface area (Å²) in [6.45, 7) is 2.06. The highest BCUT2D eigenvalue weighted by molar-refractivity contribution is 5.50. The van der Waals surface area contributed by atoms with Gasteiger partial charge in [-0.1, -0.05) is 32.1 Å². The molecule has 0 aliphatic carbocycles. The van der Waals surface area contributed by atoms with E-state index in [1.165, 1.54) is 32.1 Å². The first-order valence-electron chi connectivity index (χ1n) is 5.38. The van der Waals surface area contributed by atoms with Gasteiger partial charge < -0.3 is 5.73 Å². The Morgan fingerprint density at radius 1 is 1.08 bits per heavy atom. The molecule has 0 aliphatic heterocycles. The quantitative estimate of drug-likeness (QED) is 0.560. The molecule has 1 unspecified atom stereocenters. The predicted molar refractivity (Wildman–Crippen MR) is 56.3 cm³/mol. The maximum atomic E-state index is 9.88. The SMILES string of the molecule is CC(N)CCCCCCCC[C]=O. The third-order valence-corrected chi connectivity index (χ3v) is 2.19. The van der Waals surface area contributed by atoms with Crippen molar-refractivity contribution in [3.05, 3.63) is 0 Å². The Hall–Kier alpha value is -0.370. The molecule has 2 heteroatoms. The first-order chi connectivity index (χ1) is 6.27. The minimum absolute atomic E-state index is 0.352. The van der Waals surface area contributed by atoms with Crippen molar-refractivity contribution in [2.45, 2.75) is 64.3 Å². The van der Waals surface area contributed by atoms with Crippen LogP contribution in [-0.4, -0.2) is 12.3 Å². The average molecular weight is 184 g/mol. The van der Waals surface area contributed by atoms with Crippen molar-refractivity contribution in [3.63, 3.8) is 0 Å². The van der Waals surface area contributed by atoms with E-state index in [-0.39, 0.29) is 0 Å². The van der Waals surface area contributed by atoms with Crippen molar-refractivity contribution in [2.24, 2.45) is 5.73 Å². The molecule has 0 aromatic carbocycles. The summed E-state index contributed by atoms with van der Waals surface area (Å²) in [5, 5.41) is 0. The molecule has 2 nitrogen and oxygen atoms in total. The number of rotatable bonds is 9. The van der Waals surface area contributed by atoms with E-state index in [1.807, 2.05) is 6.29 Å². The second kappa shape index (κ2) is 9.72. The molecule has 77 valence electrons. The molecule has 0 heterocycles. The van der Waals surface area contributed by atoms with Gasteiger partial charge in [-0.2, -0.15) is 0 Å². The lowest BCUT2D eigenvalue weighted by molar-refractivity contribution is 0.534. The van der Waals surface area contributed by atoms with Crippen LogP contribution >= 0.6 is 0 Å². The van der Waals surface area contributed by atoms with Gasteiger partial charge in [-0.15, -0.1) is 0 Å². The van der Waals surface area contributed by atoms with Crippen molar-refractivity contribution in [1.82, 2.24) is 0 Å². The zero-order valence-electron chi connectivity index (χ0n) is 8.72. The van der Waals surface area contributed by atoms with E-state index in [4.69, 9.17) is 5.73 Å². The van der Waals surface area contributed by atoms with E-state index in [0.29, 0.717) is 12.5 Å². The lowest BCUT2D eigenvalue weighted by Crippen LogP contribution is -2.13. The van der Waals surface area contributed by atoms with Crippen LogP contribution in [0.1, 0.15) is 58.3 Å². The van der Waals surface area contributed by atoms with Crippen molar-refractivity contribution in [3.8, 4) is 0 Å². The predicted octanol–water partition coefficient (Wildman–Crippen LogP) is 2.56. The zero-order chi connectivity index (χ0) is 9.94. The van der Waals surface area contributed by atoms with Gasteiger partial charge >= 0.3 is 0 Å². The van der Waals surface area contributed by atoms with Crippen molar-refractivity contribution in [1.29, 1.82) is 0 Å². The van der Waals surface area contributed by atoms with Crippen LogP contribution in [0.15, 0.2) is 0 Å². The lowest BCUT2D eigenvalue weighted by Gasteiger charge is -2.03. The Morgan fingerprint density at radius 2 is 1.62 bits per heavy atom. The largest absolute Gasteiger partial charge is 0.328 e. The Labute approximate surface area is 81.9 Å². The summed E-state index contributed by atoms with van der Waals surface area (Å²) in [7, 11) is 0. The Balaban J connectivity index is 2.87. The zero-order valence-corrected chi connectivity index (χ0v) is 8.72. The second-order valence-corrected chi connectivity index (χ2v) is 3.78. The first-order valence-corrected chi connectivity index (χ1v) is 5.38. The van der Waals surface area contributed by atoms with Gasteiger partial charge in [-0.3, -0.25) is 4.79 Å².